The molecule has 2 aromatic rings. The van der Waals surface area contributed by atoms with Gasteiger partial charge < -0.3 is 4.90 Å². The van der Waals surface area contributed by atoms with Crippen LogP contribution < -0.4 is 4.90 Å². The molecule has 2 nitrogen and oxygen atoms in total. The van der Waals surface area contributed by atoms with Crippen molar-refractivity contribution in [3.63, 3.8) is 0 Å². The Morgan fingerprint density at radius 3 is 2.59 bits per heavy atom. The molecule has 0 bridgehead atoms. The van der Waals surface area contributed by atoms with Crippen LogP contribution in [0.5, 0.6) is 0 Å². The summed E-state index contributed by atoms with van der Waals surface area (Å²) in [5.74, 6) is 0. The molecule has 0 atom stereocenters. The lowest BCUT2D eigenvalue weighted by Crippen LogP contribution is -2.22. The maximum absolute atomic E-state index is 4.42. The normalized spacial score (nSPS) is 10.5. The molecule has 1 aromatic heterocycles. The molecule has 116 valence electrons. The summed E-state index contributed by atoms with van der Waals surface area (Å²) in [5.41, 5.74) is 7.34. The molecule has 2 rings (SSSR count). The van der Waals surface area contributed by atoms with Crippen LogP contribution in [0.4, 0.5) is 5.69 Å². The van der Waals surface area contributed by atoms with Gasteiger partial charge in [-0.15, -0.1) is 0 Å². The Bertz CT molecular complexity index is 659. The van der Waals surface area contributed by atoms with E-state index in [4.69, 9.17) is 0 Å². The van der Waals surface area contributed by atoms with Crippen LogP contribution >= 0.6 is 0 Å². The number of pyridine rings is 1. The average Bonchev–Trinajstić information content (AvgIpc) is 2.48. The van der Waals surface area contributed by atoms with Crippen molar-refractivity contribution >= 4 is 5.69 Å². The van der Waals surface area contributed by atoms with Gasteiger partial charge in [-0.25, -0.2) is 0 Å². The van der Waals surface area contributed by atoms with E-state index in [0.717, 1.165) is 36.5 Å². The van der Waals surface area contributed by atoms with Crippen molar-refractivity contribution in [2.45, 2.75) is 47.1 Å². The molecule has 0 unspecified atom stereocenters. The van der Waals surface area contributed by atoms with Gasteiger partial charge in [-0.3, -0.25) is 4.98 Å². The van der Waals surface area contributed by atoms with Gasteiger partial charge in [0.25, 0.3) is 0 Å². The Morgan fingerprint density at radius 2 is 1.95 bits per heavy atom. The number of benzene rings is 1. The van der Waals surface area contributed by atoms with Gasteiger partial charge in [0, 0.05) is 18.4 Å². The third kappa shape index (κ3) is 3.76. The number of hydrogen-bond donors (Lipinski definition) is 0. The van der Waals surface area contributed by atoms with E-state index in [-0.39, 0.29) is 0 Å². The second kappa shape index (κ2) is 7.26. The molecule has 0 saturated heterocycles. The van der Waals surface area contributed by atoms with Crippen LogP contribution in [0, 0.1) is 13.8 Å². The number of aromatic nitrogens is 1. The molecule has 0 spiro atoms. The fourth-order valence-corrected chi connectivity index (χ4v) is 2.77. The SMILES string of the molecule is C=C(C)N(Cc1cc(C)ccc1CCC)c1cccnc1C. The molecule has 0 radical (unpaired) electrons. The van der Waals surface area contributed by atoms with Crippen molar-refractivity contribution in [3.8, 4) is 0 Å². The van der Waals surface area contributed by atoms with E-state index >= 15 is 0 Å². The highest BCUT2D eigenvalue weighted by Crippen LogP contribution is 2.25. The van der Waals surface area contributed by atoms with Crippen molar-refractivity contribution in [3.05, 3.63) is 71.2 Å². The zero-order chi connectivity index (χ0) is 16.1. The molecular formula is C20H26N2. The Kier molecular flexibility index (Phi) is 5.37. The van der Waals surface area contributed by atoms with E-state index in [1.165, 1.54) is 16.7 Å². The number of allylic oxidation sites excluding steroid dienone is 1. The lowest BCUT2D eigenvalue weighted by molar-refractivity contribution is 0.854. The summed E-state index contributed by atoms with van der Waals surface area (Å²) in [5, 5.41) is 0. The van der Waals surface area contributed by atoms with Crippen LogP contribution in [0.25, 0.3) is 0 Å². The Morgan fingerprint density at radius 1 is 1.18 bits per heavy atom. The molecule has 0 N–H and O–H groups in total. The number of anilines is 1. The highest BCUT2D eigenvalue weighted by atomic mass is 15.1. The van der Waals surface area contributed by atoms with Gasteiger partial charge in [-0.2, -0.15) is 0 Å². The first-order valence-electron chi connectivity index (χ1n) is 7.96. The largest absolute Gasteiger partial charge is 0.340 e. The second-order valence-corrected chi connectivity index (χ2v) is 5.95. The minimum absolute atomic E-state index is 0.846. The zero-order valence-electron chi connectivity index (χ0n) is 14.2. The Hall–Kier alpha value is -2.09. The van der Waals surface area contributed by atoms with E-state index in [1.807, 2.05) is 12.3 Å². The average molecular weight is 294 g/mol. The molecule has 2 heteroatoms. The molecule has 0 saturated carbocycles. The highest BCUT2D eigenvalue weighted by molar-refractivity contribution is 5.55. The maximum atomic E-state index is 4.42. The van der Waals surface area contributed by atoms with E-state index < -0.39 is 0 Å². The standard InChI is InChI=1S/C20H26N2/c1-6-8-18-11-10-16(4)13-19(18)14-22(15(2)3)20-9-7-12-21-17(20)5/h7,9-13H,2,6,8,14H2,1,3-5H3. The third-order valence-corrected chi connectivity index (χ3v) is 3.94. The van der Waals surface area contributed by atoms with Crippen LogP contribution in [0.1, 0.15) is 42.7 Å². The number of aryl methyl sites for hydroxylation is 3. The minimum atomic E-state index is 0.846. The summed E-state index contributed by atoms with van der Waals surface area (Å²) in [6, 6.07) is 10.9. The summed E-state index contributed by atoms with van der Waals surface area (Å²) in [4.78, 5) is 6.68. The molecule has 0 aliphatic carbocycles. The predicted octanol–water partition coefficient (Wildman–Crippen LogP) is 5.19. The van der Waals surface area contributed by atoms with Gasteiger partial charge in [0.15, 0.2) is 0 Å². The molecule has 0 fully saturated rings. The zero-order valence-corrected chi connectivity index (χ0v) is 14.2. The molecule has 1 heterocycles. The summed E-state index contributed by atoms with van der Waals surface area (Å²) >= 11 is 0. The second-order valence-electron chi connectivity index (χ2n) is 5.95. The first-order valence-corrected chi connectivity index (χ1v) is 7.96. The van der Waals surface area contributed by atoms with Crippen LogP contribution in [0.3, 0.4) is 0 Å². The van der Waals surface area contributed by atoms with Crippen LogP contribution in [-0.2, 0) is 13.0 Å². The quantitative estimate of drug-likeness (QED) is 0.728. The van der Waals surface area contributed by atoms with Crippen LogP contribution in [0.15, 0.2) is 48.8 Å². The lowest BCUT2D eigenvalue weighted by atomic mass is 10.00. The van der Waals surface area contributed by atoms with Crippen molar-refractivity contribution in [2.75, 3.05) is 4.90 Å². The maximum Gasteiger partial charge on any atom is 0.0627 e. The van der Waals surface area contributed by atoms with Crippen molar-refractivity contribution in [1.82, 2.24) is 4.98 Å². The topological polar surface area (TPSA) is 16.1 Å². The minimum Gasteiger partial charge on any atom is -0.340 e. The molecule has 0 aliphatic rings. The summed E-state index contributed by atoms with van der Waals surface area (Å²) in [7, 11) is 0. The molecule has 22 heavy (non-hydrogen) atoms. The predicted molar refractivity (Wildman–Crippen MR) is 95.1 cm³/mol. The van der Waals surface area contributed by atoms with E-state index in [9.17, 15) is 0 Å². The Balaban J connectivity index is 2.39. The first kappa shape index (κ1) is 16.3. The smallest absolute Gasteiger partial charge is 0.0627 e. The Labute approximate surface area is 134 Å². The monoisotopic (exact) mass is 294 g/mol. The van der Waals surface area contributed by atoms with Gasteiger partial charge in [0.05, 0.1) is 11.4 Å². The third-order valence-electron chi connectivity index (χ3n) is 3.94. The fourth-order valence-electron chi connectivity index (χ4n) is 2.77. The van der Waals surface area contributed by atoms with E-state index in [1.54, 1.807) is 0 Å². The van der Waals surface area contributed by atoms with Gasteiger partial charge in [-0.05, 0) is 50.5 Å². The summed E-state index contributed by atoms with van der Waals surface area (Å²) < 4.78 is 0. The molecule has 0 amide bonds. The van der Waals surface area contributed by atoms with Crippen LogP contribution in [-0.4, -0.2) is 4.98 Å². The number of nitrogens with zero attached hydrogens (tertiary/aromatic N) is 2. The van der Waals surface area contributed by atoms with Gasteiger partial charge in [-0.1, -0.05) is 43.7 Å². The lowest BCUT2D eigenvalue weighted by Gasteiger charge is -2.27. The van der Waals surface area contributed by atoms with Crippen LogP contribution in [0.2, 0.25) is 0 Å². The summed E-state index contributed by atoms with van der Waals surface area (Å²) in [6.07, 6.45) is 4.12. The van der Waals surface area contributed by atoms with E-state index in [2.05, 4.69) is 68.4 Å². The van der Waals surface area contributed by atoms with Gasteiger partial charge in [0.1, 0.15) is 0 Å². The molecule has 0 aliphatic heterocycles. The van der Waals surface area contributed by atoms with Gasteiger partial charge >= 0.3 is 0 Å². The van der Waals surface area contributed by atoms with Crippen molar-refractivity contribution in [2.24, 2.45) is 0 Å². The fraction of sp³-hybridized carbons (Fsp3) is 0.350. The van der Waals surface area contributed by atoms with Crippen molar-refractivity contribution < 1.29 is 0 Å². The van der Waals surface area contributed by atoms with E-state index in [0.29, 0.717) is 0 Å². The summed E-state index contributed by atoms with van der Waals surface area (Å²) in [6.45, 7) is 13.5. The molecule has 1 aromatic carbocycles. The molecular weight excluding hydrogens is 268 g/mol. The van der Waals surface area contributed by atoms with Crippen molar-refractivity contribution in [1.29, 1.82) is 0 Å². The van der Waals surface area contributed by atoms with Gasteiger partial charge in [0.2, 0.25) is 0 Å². The first-order chi connectivity index (χ1) is 10.5. The number of hydrogen-bond acceptors (Lipinski definition) is 2. The number of rotatable bonds is 6. The highest BCUT2D eigenvalue weighted by Gasteiger charge is 2.13.